The molecule has 0 amide bonds. The van der Waals surface area contributed by atoms with Gasteiger partial charge in [0.25, 0.3) is 0 Å². The van der Waals surface area contributed by atoms with E-state index < -0.39 is 11.9 Å². The smallest absolute Gasteiger partial charge is 0.317 e. The van der Waals surface area contributed by atoms with Crippen LogP contribution in [-0.2, 0) is 19.1 Å². The molecule has 1 aliphatic rings. The second-order valence-corrected chi connectivity index (χ2v) is 7.60. The summed E-state index contributed by atoms with van der Waals surface area (Å²) in [4.78, 5) is 33.8. The highest BCUT2D eigenvalue weighted by molar-refractivity contribution is 5.94. The molecule has 1 rings (SSSR count). The number of cyclic esters (lactones) is 2. The van der Waals surface area contributed by atoms with Gasteiger partial charge in [-0.3, -0.25) is 14.4 Å². The van der Waals surface area contributed by atoms with Crippen molar-refractivity contribution in [1.82, 2.24) is 0 Å². The minimum atomic E-state index is -0.720. The van der Waals surface area contributed by atoms with Crippen LogP contribution in [0.3, 0.4) is 0 Å². The van der Waals surface area contributed by atoms with Crippen molar-refractivity contribution >= 4 is 17.9 Å². The summed E-state index contributed by atoms with van der Waals surface area (Å²) in [6.45, 7) is 2.19. The van der Waals surface area contributed by atoms with Crippen molar-refractivity contribution in [2.75, 3.05) is 0 Å². The van der Waals surface area contributed by atoms with E-state index in [-0.39, 0.29) is 30.6 Å². The SMILES string of the molecule is CCCCCCCC(/C=C\CCCCCCCC(=O)O)C1CC(=O)OC1=O. The van der Waals surface area contributed by atoms with E-state index in [4.69, 9.17) is 9.84 Å². The maximum Gasteiger partial charge on any atom is 0.317 e. The number of rotatable bonds is 16. The van der Waals surface area contributed by atoms with Crippen LogP contribution in [-0.4, -0.2) is 23.0 Å². The standard InChI is InChI=1S/C22H36O5/c1-2-3-4-8-11-14-18(19-17-21(25)27-22(19)26)15-12-9-6-5-7-10-13-16-20(23)24/h12,15,18-19H,2-11,13-14,16-17H2,1H3,(H,23,24)/b15-12-. The Morgan fingerprint density at radius 1 is 1.07 bits per heavy atom. The Kier molecular flexibility index (Phi) is 12.5. The number of aliphatic carboxylic acids is 1. The first-order valence-electron chi connectivity index (χ1n) is 10.7. The van der Waals surface area contributed by atoms with Gasteiger partial charge in [0.1, 0.15) is 0 Å². The Morgan fingerprint density at radius 3 is 2.41 bits per heavy atom. The van der Waals surface area contributed by atoms with E-state index in [0.29, 0.717) is 0 Å². The molecule has 0 aromatic rings. The summed E-state index contributed by atoms with van der Waals surface area (Å²) in [5, 5.41) is 8.60. The van der Waals surface area contributed by atoms with Gasteiger partial charge in [0.2, 0.25) is 0 Å². The molecule has 27 heavy (non-hydrogen) atoms. The molecule has 0 aromatic carbocycles. The van der Waals surface area contributed by atoms with Gasteiger partial charge in [-0.15, -0.1) is 0 Å². The van der Waals surface area contributed by atoms with Crippen LogP contribution >= 0.6 is 0 Å². The summed E-state index contributed by atoms with van der Waals surface area (Å²) in [5.74, 6) is -1.68. The van der Waals surface area contributed by atoms with Crippen LogP contribution in [0.4, 0.5) is 0 Å². The molecular formula is C22H36O5. The molecule has 0 radical (unpaired) electrons. The monoisotopic (exact) mass is 380 g/mol. The largest absolute Gasteiger partial charge is 0.481 e. The fraction of sp³-hybridized carbons (Fsp3) is 0.773. The summed E-state index contributed by atoms with van der Waals surface area (Å²) in [7, 11) is 0. The lowest BCUT2D eigenvalue weighted by molar-refractivity contribution is -0.153. The molecule has 1 heterocycles. The van der Waals surface area contributed by atoms with Gasteiger partial charge in [0.05, 0.1) is 12.3 Å². The number of carboxylic acid groups (broad SMARTS) is 1. The Labute approximate surface area is 163 Å². The Bertz CT molecular complexity index is 483. The number of hydrogen-bond acceptors (Lipinski definition) is 4. The zero-order valence-electron chi connectivity index (χ0n) is 16.8. The number of carbonyl (C=O) groups excluding carboxylic acids is 2. The third kappa shape index (κ3) is 10.9. The molecule has 1 N–H and O–H groups in total. The zero-order chi connectivity index (χ0) is 19.9. The van der Waals surface area contributed by atoms with Crippen molar-refractivity contribution in [3.8, 4) is 0 Å². The van der Waals surface area contributed by atoms with Gasteiger partial charge in [-0.2, -0.15) is 0 Å². The number of carbonyl (C=O) groups is 3. The van der Waals surface area contributed by atoms with Crippen LogP contribution in [0.5, 0.6) is 0 Å². The molecule has 1 aliphatic heterocycles. The molecule has 0 aromatic heterocycles. The van der Waals surface area contributed by atoms with E-state index in [1.165, 1.54) is 25.7 Å². The lowest BCUT2D eigenvalue weighted by Crippen LogP contribution is -2.18. The summed E-state index contributed by atoms with van der Waals surface area (Å²) in [5.41, 5.74) is 0. The molecule has 2 unspecified atom stereocenters. The third-order valence-electron chi connectivity index (χ3n) is 5.21. The van der Waals surface area contributed by atoms with Crippen LogP contribution < -0.4 is 0 Å². The van der Waals surface area contributed by atoms with Crippen molar-refractivity contribution < 1.29 is 24.2 Å². The summed E-state index contributed by atoms with van der Waals surface area (Å²) in [6.07, 6.45) is 17.5. The lowest BCUT2D eigenvalue weighted by atomic mass is 9.86. The molecular weight excluding hydrogens is 344 g/mol. The van der Waals surface area contributed by atoms with Crippen LogP contribution in [0.1, 0.15) is 96.8 Å². The van der Waals surface area contributed by atoms with Gasteiger partial charge in [0.15, 0.2) is 0 Å². The van der Waals surface area contributed by atoms with Crippen molar-refractivity contribution in [3.63, 3.8) is 0 Å². The highest BCUT2D eigenvalue weighted by Crippen LogP contribution is 2.30. The maximum atomic E-state index is 11.9. The molecule has 1 fully saturated rings. The van der Waals surface area contributed by atoms with Gasteiger partial charge in [-0.05, 0) is 31.6 Å². The number of allylic oxidation sites excluding steroid dienone is 2. The van der Waals surface area contributed by atoms with Crippen molar-refractivity contribution in [1.29, 1.82) is 0 Å². The highest BCUT2D eigenvalue weighted by Gasteiger charge is 2.37. The van der Waals surface area contributed by atoms with E-state index in [0.717, 1.165) is 51.4 Å². The normalized spacial score (nSPS) is 18.2. The fourth-order valence-electron chi connectivity index (χ4n) is 3.57. The predicted octanol–water partition coefficient (Wildman–Crippen LogP) is 5.42. The number of hydrogen-bond donors (Lipinski definition) is 1. The van der Waals surface area contributed by atoms with E-state index in [1.807, 2.05) is 0 Å². The van der Waals surface area contributed by atoms with E-state index >= 15 is 0 Å². The summed E-state index contributed by atoms with van der Waals surface area (Å²) in [6, 6.07) is 0. The lowest BCUT2D eigenvalue weighted by Gasteiger charge is -2.16. The average Bonchev–Trinajstić information content (AvgIpc) is 2.96. The minimum Gasteiger partial charge on any atom is -0.481 e. The van der Waals surface area contributed by atoms with E-state index in [1.54, 1.807) is 0 Å². The van der Waals surface area contributed by atoms with Gasteiger partial charge < -0.3 is 9.84 Å². The van der Waals surface area contributed by atoms with Crippen LogP contribution in [0.2, 0.25) is 0 Å². The second-order valence-electron chi connectivity index (χ2n) is 7.60. The predicted molar refractivity (Wildman–Crippen MR) is 105 cm³/mol. The third-order valence-corrected chi connectivity index (χ3v) is 5.21. The first-order chi connectivity index (χ1) is 13.0. The number of unbranched alkanes of at least 4 members (excludes halogenated alkanes) is 9. The maximum absolute atomic E-state index is 11.9. The summed E-state index contributed by atoms with van der Waals surface area (Å²) >= 11 is 0. The minimum absolute atomic E-state index is 0.0983. The first kappa shape index (κ1) is 23.4. The highest BCUT2D eigenvalue weighted by atomic mass is 16.6. The molecule has 5 heteroatoms. The van der Waals surface area contributed by atoms with Crippen molar-refractivity contribution in [2.45, 2.75) is 96.8 Å². The van der Waals surface area contributed by atoms with Crippen molar-refractivity contribution in [3.05, 3.63) is 12.2 Å². The van der Waals surface area contributed by atoms with Gasteiger partial charge in [-0.25, -0.2) is 0 Å². The van der Waals surface area contributed by atoms with Gasteiger partial charge >= 0.3 is 17.9 Å². The number of esters is 2. The molecule has 154 valence electrons. The molecule has 0 saturated carbocycles. The molecule has 2 atom stereocenters. The molecule has 5 nitrogen and oxygen atoms in total. The molecule has 0 spiro atoms. The van der Waals surface area contributed by atoms with Gasteiger partial charge in [-0.1, -0.05) is 70.4 Å². The van der Waals surface area contributed by atoms with Crippen LogP contribution in [0.15, 0.2) is 12.2 Å². The van der Waals surface area contributed by atoms with E-state index in [2.05, 4.69) is 19.1 Å². The number of ether oxygens (including phenoxy) is 1. The zero-order valence-corrected chi connectivity index (χ0v) is 16.8. The second kappa shape index (κ2) is 14.4. The Hall–Kier alpha value is -1.65. The average molecular weight is 381 g/mol. The van der Waals surface area contributed by atoms with Crippen molar-refractivity contribution in [2.24, 2.45) is 11.8 Å². The Balaban J connectivity index is 2.30. The topological polar surface area (TPSA) is 80.7 Å². The molecule has 0 bridgehead atoms. The summed E-state index contributed by atoms with van der Waals surface area (Å²) < 4.78 is 4.75. The molecule has 1 saturated heterocycles. The fourth-order valence-corrected chi connectivity index (χ4v) is 3.57. The Morgan fingerprint density at radius 2 is 1.74 bits per heavy atom. The van der Waals surface area contributed by atoms with Crippen LogP contribution in [0, 0.1) is 11.8 Å². The number of carboxylic acids is 1. The van der Waals surface area contributed by atoms with Crippen LogP contribution in [0.25, 0.3) is 0 Å². The quantitative estimate of drug-likeness (QED) is 0.167. The first-order valence-corrected chi connectivity index (χ1v) is 10.7. The van der Waals surface area contributed by atoms with Gasteiger partial charge in [0, 0.05) is 6.42 Å². The van der Waals surface area contributed by atoms with E-state index in [9.17, 15) is 14.4 Å². The molecule has 0 aliphatic carbocycles.